The fourth-order valence-electron chi connectivity index (χ4n) is 2.26. The summed E-state index contributed by atoms with van der Waals surface area (Å²) in [6, 6.07) is 5.44. The molecule has 0 saturated carbocycles. The van der Waals surface area contributed by atoms with Crippen LogP contribution in [0.4, 0.5) is 5.82 Å². The molecule has 0 bridgehead atoms. The lowest BCUT2D eigenvalue weighted by Crippen LogP contribution is -2.45. The molecule has 1 unspecified atom stereocenters. The molecule has 21 heavy (non-hydrogen) atoms. The zero-order chi connectivity index (χ0) is 15.2. The first-order valence-electron chi connectivity index (χ1n) is 6.96. The highest BCUT2D eigenvalue weighted by Crippen LogP contribution is 2.15. The first-order chi connectivity index (χ1) is 10.2. The summed E-state index contributed by atoms with van der Waals surface area (Å²) in [5.41, 5.74) is 3.83. The smallest absolute Gasteiger partial charge is 0.254 e. The topological polar surface area (TPSA) is 104 Å². The lowest BCUT2D eigenvalue weighted by Gasteiger charge is -2.30. The number of amides is 1. The Morgan fingerprint density at radius 2 is 2.48 bits per heavy atom. The number of ether oxygens (including phenoxy) is 1. The third-order valence-corrected chi connectivity index (χ3v) is 3.28. The van der Waals surface area contributed by atoms with Crippen LogP contribution in [0.15, 0.2) is 12.1 Å². The molecular formula is C14H19N5O2. The van der Waals surface area contributed by atoms with Gasteiger partial charge in [-0.15, -0.1) is 0 Å². The summed E-state index contributed by atoms with van der Waals surface area (Å²) in [7, 11) is 0. The number of hydrazine groups is 1. The van der Waals surface area contributed by atoms with E-state index in [1.165, 1.54) is 0 Å². The third kappa shape index (κ3) is 3.68. The Morgan fingerprint density at radius 3 is 3.14 bits per heavy atom. The number of carbonyl (C=O) groups excluding carboxylic acids is 1. The van der Waals surface area contributed by atoms with E-state index in [9.17, 15) is 4.79 Å². The lowest BCUT2D eigenvalue weighted by molar-refractivity contribution is 0.00346. The second-order valence-electron chi connectivity index (χ2n) is 4.87. The number of morpholine rings is 1. The lowest BCUT2D eigenvalue weighted by atomic mass is 10.1. The largest absolute Gasteiger partial charge is 0.360 e. The summed E-state index contributed by atoms with van der Waals surface area (Å²) in [5, 5.41) is 8.91. The summed E-state index contributed by atoms with van der Waals surface area (Å²) in [5.74, 6) is 5.74. The van der Waals surface area contributed by atoms with Crippen molar-refractivity contribution in [3.63, 3.8) is 0 Å². The third-order valence-electron chi connectivity index (χ3n) is 3.28. The van der Waals surface area contributed by atoms with Crippen LogP contribution in [-0.2, 0) is 11.2 Å². The summed E-state index contributed by atoms with van der Waals surface area (Å²) in [6.45, 7) is 3.18. The van der Waals surface area contributed by atoms with Crippen LogP contribution in [-0.4, -0.2) is 41.6 Å². The summed E-state index contributed by atoms with van der Waals surface area (Å²) in [4.78, 5) is 18.5. The van der Waals surface area contributed by atoms with E-state index in [1.807, 2.05) is 13.0 Å². The van der Waals surface area contributed by atoms with Crippen molar-refractivity contribution < 1.29 is 9.53 Å². The van der Waals surface area contributed by atoms with Gasteiger partial charge in [-0.05, 0) is 18.6 Å². The number of carbonyl (C=O) groups is 1. The molecule has 7 heteroatoms. The summed E-state index contributed by atoms with van der Waals surface area (Å²) >= 11 is 0. The molecule has 7 nitrogen and oxygen atoms in total. The van der Waals surface area contributed by atoms with Gasteiger partial charge in [-0.25, -0.2) is 10.8 Å². The maximum absolute atomic E-state index is 12.6. The Balaban J connectivity index is 2.21. The minimum atomic E-state index is -0.563. The maximum Gasteiger partial charge on any atom is 0.254 e. The molecule has 2 rings (SSSR count). The number of rotatable bonds is 4. The van der Waals surface area contributed by atoms with Crippen molar-refractivity contribution in [2.75, 3.05) is 25.1 Å². The number of aryl methyl sites for hydroxylation is 1. The first-order valence-corrected chi connectivity index (χ1v) is 6.96. The predicted molar refractivity (Wildman–Crippen MR) is 77.3 cm³/mol. The van der Waals surface area contributed by atoms with Gasteiger partial charge < -0.3 is 15.1 Å². The van der Waals surface area contributed by atoms with Crippen LogP contribution in [0.3, 0.4) is 0 Å². The van der Waals surface area contributed by atoms with E-state index in [2.05, 4.69) is 10.4 Å². The highest BCUT2D eigenvalue weighted by atomic mass is 16.5. The summed E-state index contributed by atoms with van der Waals surface area (Å²) in [6.07, 6.45) is 1.15. The van der Waals surface area contributed by atoms with Crippen molar-refractivity contribution in [2.24, 2.45) is 5.84 Å². The molecular weight excluding hydrogens is 270 g/mol. The number of pyridine rings is 1. The van der Waals surface area contributed by atoms with Crippen LogP contribution in [0.2, 0.25) is 0 Å². The minimum absolute atomic E-state index is 0.130. The normalized spacial score (nSPS) is 18.1. The molecule has 1 atom stereocenters. The maximum atomic E-state index is 12.6. The highest BCUT2D eigenvalue weighted by Gasteiger charge is 2.25. The molecule has 1 aromatic heterocycles. The number of hydrogen-bond acceptors (Lipinski definition) is 6. The van der Waals surface area contributed by atoms with Crippen molar-refractivity contribution in [1.29, 1.82) is 5.26 Å². The zero-order valence-electron chi connectivity index (χ0n) is 12.0. The van der Waals surface area contributed by atoms with Gasteiger partial charge in [0.15, 0.2) is 6.10 Å². The number of nitrogen functional groups attached to an aromatic ring is 1. The quantitative estimate of drug-likeness (QED) is 0.624. The molecule has 1 aliphatic rings. The van der Waals surface area contributed by atoms with Crippen molar-refractivity contribution in [1.82, 2.24) is 9.88 Å². The van der Waals surface area contributed by atoms with Crippen LogP contribution in [0.1, 0.15) is 29.4 Å². The molecule has 3 N–H and O–H groups in total. The zero-order valence-corrected chi connectivity index (χ0v) is 12.0. The molecule has 1 fully saturated rings. The van der Waals surface area contributed by atoms with Crippen LogP contribution >= 0.6 is 0 Å². The van der Waals surface area contributed by atoms with E-state index >= 15 is 0 Å². The fraction of sp³-hybridized carbons (Fsp3) is 0.500. The minimum Gasteiger partial charge on any atom is -0.360 e. The SMILES string of the molecule is CCCc1cc(C(=O)N2CCOC(C#N)C2)cc(NN)n1. The van der Waals surface area contributed by atoms with Crippen LogP contribution in [0, 0.1) is 11.3 Å². The second kappa shape index (κ2) is 7.02. The van der Waals surface area contributed by atoms with Crippen LogP contribution in [0.25, 0.3) is 0 Å². The second-order valence-corrected chi connectivity index (χ2v) is 4.87. The number of nitrogens with two attached hydrogens (primary N) is 1. The predicted octanol–water partition coefficient (Wildman–Crippen LogP) is 0.684. The van der Waals surface area contributed by atoms with E-state index < -0.39 is 6.10 Å². The number of hydrogen-bond donors (Lipinski definition) is 2. The Bertz CT molecular complexity index is 555. The fourth-order valence-corrected chi connectivity index (χ4v) is 2.26. The Kier molecular flexibility index (Phi) is 5.09. The molecule has 0 aliphatic carbocycles. The van der Waals surface area contributed by atoms with Crippen molar-refractivity contribution >= 4 is 11.7 Å². The van der Waals surface area contributed by atoms with Gasteiger partial charge in [-0.2, -0.15) is 5.26 Å². The average Bonchev–Trinajstić information content (AvgIpc) is 2.54. The van der Waals surface area contributed by atoms with Gasteiger partial charge in [0.1, 0.15) is 5.82 Å². The monoisotopic (exact) mass is 289 g/mol. The van der Waals surface area contributed by atoms with E-state index in [-0.39, 0.29) is 12.5 Å². The highest BCUT2D eigenvalue weighted by molar-refractivity contribution is 5.95. The molecule has 1 aromatic rings. The molecule has 0 spiro atoms. The number of anilines is 1. The van der Waals surface area contributed by atoms with Crippen LogP contribution < -0.4 is 11.3 Å². The Labute approximate surface area is 123 Å². The Hall–Kier alpha value is -2.17. The van der Waals surface area contributed by atoms with Gasteiger partial charge in [0.2, 0.25) is 0 Å². The van der Waals surface area contributed by atoms with Gasteiger partial charge in [0.05, 0.1) is 19.2 Å². The molecule has 0 aromatic carbocycles. The van der Waals surface area contributed by atoms with Crippen molar-refractivity contribution in [3.05, 3.63) is 23.4 Å². The van der Waals surface area contributed by atoms with E-state index in [0.29, 0.717) is 24.5 Å². The van der Waals surface area contributed by atoms with Gasteiger partial charge in [-0.1, -0.05) is 13.3 Å². The molecule has 2 heterocycles. The molecule has 1 aliphatic heterocycles. The number of nitrogens with zero attached hydrogens (tertiary/aromatic N) is 3. The van der Waals surface area contributed by atoms with E-state index in [4.69, 9.17) is 15.8 Å². The van der Waals surface area contributed by atoms with Gasteiger partial charge in [0, 0.05) is 17.8 Å². The van der Waals surface area contributed by atoms with E-state index in [1.54, 1.807) is 17.0 Å². The van der Waals surface area contributed by atoms with Gasteiger partial charge >= 0.3 is 0 Å². The van der Waals surface area contributed by atoms with Gasteiger partial charge in [-0.3, -0.25) is 4.79 Å². The molecule has 1 saturated heterocycles. The molecule has 112 valence electrons. The first kappa shape index (κ1) is 15.2. The van der Waals surface area contributed by atoms with Crippen molar-refractivity contribution in [3.8, 4) is 6.07 Å². The number of nitrogens with one attached hydrogen (secondary N) is 1. The molecule has 0 radical (unpaired) electrons. The average molecular weight is 289 g/mol. The molecule has 1 amide bonds. The number of aromatic nitrogens is 1. The standard InChI is InChI=1S/C14H19N5O2/c1-2-3-11-6-10(7-13(17-11)18-16)14(20)19-4-5-21-12(8-15)9-19/h6-7,12H,2-5,9,16H2,1H3,(H,17,18). The Morgan fingerprint density at radius 1 is 1.67 bits per heavy atom. The summed E-state index contributed by atoms with van der Waals surface area (Å²) < 4.78 is 5.25. The number of nitriles is 1. The van der Waals surface area contributed by atoms with Crippen molar-refractivity contribution in [2.45, 2.75) is 25.9 Å². The van der Waals surface area contributed by atoms with Gasteiger partial charge in [0.25, 0.3) is 5.91 Å². The van der Waals surface area contributed by atoms with Crippen LogP contribution in [0.5, 0.6) is 0 Å². The van der Waals surface area contributed by atoms with E-state index in [0.717, 1.165) is 18.5 Å².